The molecule has 1 aliphatic carbocycles. The summed E-state index contributed by atoms with van der Waals surface area (Å²) in [5, 5.41) is 6.42. The molecule has 0 aromatic carbocycles. The first-order chi connectivity index (χ1) is 11.2. The van der Waals surface area contributed by atoms with E-state index in [1.54, 1.807) is 29.3 Å². The van der Waals surface area contributed by atoms with Gasteiger partial charge in [0.25, 0.3) is 0 Å². The summed E-state index contributed by atoms with van der Waals surface area (Å²) < 4.78 is 0. The van der Waals surface area contributed by atoms with Crippen LogP contribution >= 0.6 is 23.1 Å². The zero-order valence-electron chi connectivity index (χ0n) is 13.2. The molecule has 23 heavy (non-hydrogen) atoms. The third kappa shape index (κ3) is 4.12. The molecule has 0 spiro atoms. The van der Waals surface area contributed by atoms with E-state index in [-0.39, 0.29) is 11.4 Å². The normalized spacial score (nSPS) is 16.4. The number of aryl methyl sites for hydroxylation is 1. The molecule has 0 atom stereocenters. The topological polar surface area (TPSA) is 54.9 Å². The molecule has 6 heteroatoms. The lowest BCUT2D eigenvalue weighted by Gasteiger charge is -2.28. The smallest absolute Gasteiger partial charge is 0.230 e. The molecule has 1 N–H and O–H groups in total. The lowest BCUT2D eigenvalue weighted by atomic mass is 9.98. The molecule has 0 aliphatic heterocycles. The highest BCUT2D eigenvalue weighted by atomic mass is 32.2. The Kier molecular flexibility index (Phi) is 5.33. The van der Waals surface area contributed by atoms with Crippen molar-refractivity contribution in [3.8, 4) is 0 Å². The van der Waals surface area contributed by atoms with Gasteiger partial charge in [0.05, 0.1) is 11.3 Å². The first-order valence-corrected chi connectivity index (χ1v) is 9.92. The SMILES string of the molecule is Cc1csc(C2(NC(=O)CSCc3cccnc3)CCCC2)n1. The highest BCUT2D eigenvalue weighted by Crippen LogP contribution is 2.40. The number of carbonyl (C=O) groups is 1. The molecule has 0 bridgehead atoms. The molecule has 1 fully saturated rings. The maximum atomic E-state index is 12.4. The van der Waals surface area contributed by atoms with Crippen LogP contribution < -0.4 is 5.32 Å². The van der Waals surface area contributed by atoms with Gasteiger partial charge in [0.2, 0.25) is 5.91 Å². The minimum atomic E-state index is -0.231. The second kappa shape index (κ2) is 7.45. The van der Waals surface area contributed by atoms with Crippen LogP contribution in [0.1, 0.15) is 41.9 Å². The summed E-state index contributed by atoms with van der Waals surface area (Å²) in [7, 11) is 0. The lowest BCUT2D eigenvalue weighted by molar-refractivity contribution is -0.120. The molecule has 0 radical (unpaired) electrons. The van der Waals surface area contributed by atoms with Crippen molar-refractivity contribution in [1.82, 2.24) is 15.3 Å². The third-order valence-corrected chi connectivity index (χ3v) is 6.26. The Morgan fingerprint density at radius 1 is 1.43 bits per heavy atom. The molecule has 1 saturated carbocycles. The fourth-order valence-corrected chi connectivity index (χ4v) is 4.77. The second-order valence-electron chi connectivity index (χ2n) is 5.99. The number of thiazole rings is 1. The summed E-state index contributed by atoms with van der Waals surface area (Å²) in [6.45, 7) is 2.01. The van der Waals surface area contributed by atoms with Gasteiger partial charge in [-0.05, 0) is 31.4 Å². The van der Waals surface area contributed by atoms with E-state index in [1.165, 1.54) is 0 Å². The van der Waals surface area contributed by atoms with Crippen LogP contribution in [0.3, 0.4) is 0 Å². The zero-order chi connectivity index (χ0) is 16.1. The van der Waals surface area contributed by atoms with E-state index in [4.69, 9.17) is 0 Å². The molecule has 122 valence electrons. The maximum Gasteiger partial charge on any atom is 0.230 e. The largest absolute Gasteiger partial charge is 0.343 e. The molecule has 1 aliphatic rings. The van der Waals surface area contributed by atoms with Crippen molar-refractivity contribution >= 4 is 29.0 Å². The van der Waals surface area contributed by atoms with Crippen LogP contribution in [0.25, 0.3) is 0 Å². The zero-order valence-corrected chi connectivity index (χ0v) is 14.9. The predicted molar refractivity (Wildman–Crippen MR) is 95.5 cm³/mol. The highest BCUT2D eigenvalue weighted by Gasteiger charge is 2.39. The van der Waals surface area contributed by atoms with E-state index in [1.807, 2.05) is 25.3 Å². The highest BCUT2D eigenvalue weighted by molar-refractivity contribution is 7.99. The summed E-state index contributed by atoms with van der Waals surface area (Å²) in [5.74, 6) is 1.39. The van der Waals surface area contributed by atoms with Crippen LogP contribution in [0.15, 0.2) is 29.9 Å². The fourth-order valence-electron chi connectivity index (χ4n) is 2.99. The van der Waals surface area contributed by atoms with Gasteiger partial charge in [-0.15, -0.1) is 23.1 Å². The molecular formula is C17H21N3OS2. The Balaban J connectivity index is 1.57. The van der Waals surface area contributed by atoms with Crippen LogP contribution in [-0.2, 0) is 16.1 Å². The van der Waals surface area contributed by atoms with Gasteiger partial charge in [0.1, 0.15) is 5.01 Å². The third-order valence-electron chi connectivity index (χ3n) is 4.09. The van der Waals surface area contributed by atoms with E-state index >= 15 is 0 Å². The van der Waals surface area contributed by atoms with Crippen molar-refractivity contribution in [3.05, 3.63) is 46.2 Å². The van der Waals surface area contributed by atoms with Crippen molar-refractivity contribution in [2.24, 2.45) is 0 Å². The first-order valence-electron chi connectivity index (χ1n) is 7.88. The van der Waals surface area contributed by atoms with Crippen LogP contribution in [0, 0.1) is 6.92 Å². The molecule has 0 unspecified atom stereocenters. The van der Waals surface area contributed by atoms with Crippen LogP contribution in [0.5, 0.6) is 0 Å². The Morgan fingerprint density at radius 3 is 2.91 bits per heavy atom. The lowest BCUT2D eigenvalue weighted by Crippen LogP contribution is -2.44. The van der Waals surface area contributed by atoms with Gasteiger partial charge < -0.3 is 5.32 Å². The van der Waals surface area contributed by atoms with E-state index in [0.29, 0.717) is 5.75 Å². The number of carbonyl (C=O) groups excluding carboxylic acids is 1. The molecule has 4 nitrogen and oxygen atoms in total. The van der Waals surface area contributed by atoms with Crippen molar-refractivity contribution < 1.29 is 4.79 Å². The first kappa shape index (κ1) is 16.5. The van der Waals surface area contributed by atoms with E-state index in [0.717, 1.165) is 47.7 Å². The fraction of sp³-hybridized carbons (Fsp3) is 0.471. The van der Waals surface area contributed by atoms with Gasteiger partial charge in [-0.1, -0.05) is 18.9 Å². The van der Waals surface area contributed by atoms with E-state index in [2.05, 4.69) is 20.7 Å². The van der Waals surface area contributed by atoms with Crippen LogP contribution in [0.4, 0.5) is 0 Å². The number of thioether (sulfide) groups is 1. The Morgan fingerprint density at radius 2 is 2.26 bits per heavy atom. The monoisotopic (exact) mass is 347 g/mol. The average Bonchev–Trinajstić information content (AvgIpc) is 3.18. The molecule has 2 aromatic rings. The van der Waals surface area contributed by atoms with Gasteiger partial charge in [-0.2, -0.15) is 0 Å². The quantitative estimate of drug-likeness (QED) is 0.866. The maximum absolute atomic E-state index is 12.4. The standard InChI is InChI=1S/C17H21N3OS2/c1-13-10-23-16(19-13)17(6-2-3-7-17)20-15(21)12-22-11-14-5-4-8-18-9-14/h4-5,8-10H,2-3,6-7,11-12H2,1H3,(H,20,21). The van der Waals surface area contributed by atoms with E-state index < -0.39 is 0 Å². The van der Waals surface area contributed by atoms with Gasteiger partial charge in [-0.3, -0.25) is 9.78 Å². The number of amides is 1. The number of rotatable bonds is 6. The summed E-state index contributed by atoms with van der Waals surface area (Å²) in [4.78, 5) is 21.1. The van der Waals surface area contributed by atoms with Crippen LogP contribution in [-0.4, -0.2) is 21.6 Å². The Bertz CT molecular complexity index is 651. The molecule has 2 aromatic heterocycles. The molecule has 0 saturated heterocycles. The Hall–Kier alpha value is -1.40. The second-order valence-corrected chi connectivity index (χ2v) is 7.83. The Labute approximate surface area is 145 Å². The molecule has 3 rings (SSSR count). The van der Waals surface area contributed by atoms with Crippen molar-refractivity contribution in [2.75, 3.05) is 5.75 Å². The van der Waals surface area contributed by atoms with Gasteiger partial charge in [0.15, 0.2) is 0 Å². The minimum Gasteiger partial charge on any atom is -0.343 e. The van der Waals surface area contributed by atoms with Crippen molar-refractivity contribution in [3.63, 3.8) is 0 Å². The summed E-state index contributed by atoms with van der Waals surface area (Å²) >= 11 is 3.30. The number of pyridine rings is 1. The van der Waals surface area contributed by atoms with Gasteiger partial charge >= 0.3 is 0 Å². The summed E-state index contributed by atoms with van der Waals surface area (Å²) in [6, 6.07) is 3.96. The van der Waals surface area contributed by atoms with Gasteiger partial charge in [0, 0.05) is 29.2 Å². The van der Waals surface area contributed by atoms with Crippen molar-refractivity contribution in [1.29, 1.82) is 0 Å². The number of aromatic nitrogens is 2. The molecule has 1 amide bonds. The average molecular weight is 348 g/mol. The molecule has 2 heterocycles. The summed E-state index contributed by atoms with van der Waals surface area (Å²) in [5.41, 5.74) is 1.96. The molecular weight excluding hydrogens is 326 g/mol. The van der Waals surface area contributed by atoms with Crippen molar-refractivity contribution in [2.45, 2.75) is 43.9 Å². The predicted octanol–water partition coefficient (Wildman–Crippen LogP) is 3.67. The number of nitrogens with zero attached hydrogens (tertiary/aromatic N) is 2. The number of nitrogens with one attached hydrogen (secondary N) is 1. The number of hydrogen-bond acceptors (Lipinski definition) is 5. The van der Waals surface area contributed by atoms with Gasteiger partial charge in [-0.25, -0.2) is 4.98 Å². The number of hydrogen-bond donors (Lipinski definition) is 1. The van der Waals surface area contributed by atoms with Crippen LogP contribution in [0.2, 0.25) is 0 Å². The summed E-state index contributed by atoms with van der Waals surface area (Å²) in [6.07, 6.45) is 7.92. The minimum absolute atomic E-state index is 0.105. The van der Waals surface area contributed by atoms with E-state index in [9.17, 15) is 4.79 Å².